The summed E-state index contributed by atoms with van der Waals surface area (Å²) in [5, 5.41) is 0. The van der Waals surface area contributed by atoms with Crippen LogP contribution in [0, 0.1) is 17.2 Å². The van der Waals surface area contributed by atoms with E-state index in [0.29, 0.717) is 44.1 Å². The van der Waals surface area contributed by atoms with E-state index in [-0.39, 0.29) is 40.1 Å². The molecule has 1 unspecified atom stereocenters. The van der Waals surface area contributed by atoms with E-state index < -0.39 is 34.5 Å². The summed E-state index contributed by atoms with van der Waals surface area (Å²) in [6.45, 7) is 4.63. The number of likely N-dealkylation sites (tertiary alicyclic amines) is 2. The van der Waals surface area contributed by atoms with Crippen molar-refractivity contribution < 1.29 is 59.1 Å². The normalized spacial score (nSPS) is 18.4. The van der Waals surface area contributed by atoms with Gasteiger partial charge in [-0.3, -0.25) is 24.8 Å². The number of alkyl halides is 3. The van der Waals surface area contributed by atoms with Crippen molar-refractivity contribution in [3.8, 4) is 0 Å². The van der Waals surface area contributed by atoms with Gasteiger partial charge in [-0.2, -0.15) is 27.0 Å². The van der Waals surface area contributed by atoms with Gasteiger partial charge in [-0.25, -0.2) is 0 Å². The zero-order valence-electron chi connectivity index (χ0n) is 21.0. The maximum absolute atomic E-state index is 12.9. The molecule has 1 atom stereocenters. The Hall–Kier alpha value is -2.95. The average Bonchev–Trinajstić information content (AvgIpc) is 3.05. The number of carbonyl (C=O) groups excluding carboxylic acids is 4. The third-order valence-electron chi connectivity index (χ3n) is 6.77. The van der Waals surface area contributed by atoms with Crippen LogP contribution in [0.5, 0.6) is 0 Å². The zero-order valence-corrected chi connectivity index (χ0v) is 23.2. The van der Waals surface area contributed by atoms with Gasteiger partial charge in [0.25, 0.3) is 0 Å². The number of hydrogen-bond donors (Lipinski definition) is 0. The Labute approximate surface area is 233 Å². The topological polar surface area (TPSA) is 74.8 Å². The fourth-order valence-electron chi connectivity index (χ4n) is 4.80. The number of amides is 3. The number of likely N-dealkylation sites (N-methyl/N-ethyl adjacent to an activating group) is 1. The van der Waals surface area contributed by atoms with Crippen LogP contribution in [0.25, 0.3) is 0 Å². The second-order valence-electron chi connectivity index (χ2n) is 9.29. The quantitative estimate of drug-likeness (QED) is 0.225. The molecule has 4 rings (SSSR count). The predicted molar refractivity (Wildman–Crippen MR) is 126 cm³/mol. The number of carbonyl (C=O) groups is 3. The van der Waals surface area contributed by atoms with Crippen molar-refractivity contribution in [3.05, 3.63) is 77.0 Å². The average molecular weight is 611 g/mol. The SMILES string of the molecule is C[C-](C)C(=O)N1CCC2(CC1)C(=O)N(C)C(=O)C2c1ccccc1.O=[C-]c1cc(C(F)(F)F)ccc1F.[Nb+2]. The van der Waals surface area contributed by atoms with E-state index >= 15 is 0 Å². The summed E-state index contributed by atoms with van der Waals surface area (Å²) in [5.41, 5.74) is -1.61. The van der Waals surface area contributed by atoms with Gasteiger partial charge in [0, 0.05) is 26.0 Å². The standard InChI is InChI=1S/C19H23N2O3.C8H3F4O.Nb/c1-13(2)16(22)21-11-9-19(10-12-21)15(14-7-5-4-6-8-14)17(23)20(3)18(19)24;9-7-2-1-6(8(10,11)12)3-5(7)4-13;/h4-8,15H,9-12H2,1-3H3;1-3H;/q2*-1;+2. The first-order chi connectivity index (χ1) is 17.3. The summed E-state index contributed by atoms with van der Waals surface area (Å²) in [7, 11) is 1.57. The first-order valence-electron chi connectivity index (χ1n) is 11.5. The molecule has 0 aliphatic carbocycles. The third kappa shape index (κ3) is 6.19. The van der Waals surface area contributed by atoms with Crippen molar-refractivity contribution in [2.75, 3.05) is 20.1 Å². The fraction of sp³-hybridized carbons (Fsp3) is 0.370. The minimum Gasteiger partial charge on any atom is -0.376 e. The molecule has 0 aromatic heterocycles. The van der Waals surface area contributed by atoms with Crippen LogP contribution in [0.2, 0.25) is 0 Å². The van der Waals surface area contributed by atoms with E-state index in [1.165, 1.54) is 4.90 Å². The van der Waals surface area contributed by atoms with Crippen LogP contribution in [0.4, 0.5) is 17.6 Å². The van der Waals surface area contributed by atoms with Gasteiger partial charge in [0.05, 0.1) is 23.5 Å². The Bertz CT molecular complexity index is 1180. The molecule has 201 valence electrons. The van der Waals surface area contributed by atoms with Crippen molar-refractivity contribution in [1.82, 2.24) is 9.80 Å². The van der Waals surface area contributed by atoms with Gasteiger partial charge >= 0.3 is 28.6 Å². The van der Waals surface area contributed by atoms with E-state index in [9.17, 15) is 36.7 Å². The smallest absolute Gasteiger partial charge is 0.376 e. The number of nitrogens with zero attached hydrogens (tertiary/aromatic N) is 2. The van der Waals surface area contributed by atoms with Crippen LogP contribution in [0.15, 0.2) is 48.5 Å². The molecular weight excluding hydrogens is 585 g/mol. The molecule has 2 saturated heterocycles. The van der Waals surface area contributed by atoms with E-state index in [1.807, 2.05) is 30.3 Å². The first kappa shape index (κ1) is 31.3. The number of benzene rings is 2. The molecule has 11 heteroatoms. The third-order valence-corrected chi connectivity index (χ3v) is 6.77. The molecule has 38 heavy (non-hydrogen) atoms. The Morgan fingerprint density at radius 3 is 2.13 bits per heavy atom. The van der Waals surface area contributed by atoms with Crippen LogP contribution < -0.4 is 0 Å². The second-order valence-corrected chi connectivity index (χ2v) is 9.29. The Morgan fingerprint density at radius 1 is 1.05 bits per heavy atom. The molecule has 2 aliphatic heterocycles. The number of halogens is 4. The Kier molecular flexibility index (Phi) is 10.1. The van der Waals surface area contributed by atoms with Crippen molar-refractivity contribution in [2.24, 2.45) is 5.41 Å². The number of piperidine rings is 1. The molecular formula is C27H26F4N2NbO4. The molecule has 0 saturated carbocycles. The van der Waals surface area contributed by atoms with E-state index in [2.05, 4.69) is 0 Å². The molecule has 2 fully saturated rings. The summed E-state index contributed by atoms with van der Waals surface area (Å²) in [4.78, 5) is 50.8. The Balaban J connectivity index is 0.000000309. The predicted octanol–water partition coefficient (Wildman–Crippen LogP) is 4.29. The van der Waals surface area contributed by atoms with E-state index in [1.54, 1.807) is 25.8 Å². The number of rotatable bonds is 3. The van der Waals surface area contributed by atoms with E-state index in [0.717, 1.165) is 17.8 Å². The largest absolute Gasteiger partial charge is 2.00 e. The first-order valence-corrected chi connectivity index (χ1v) is 11.5. The number of imide groups is 1. The van der Waals surface area contributed by atoms with Gasteiger partial charge < -0.3 is 14.5 Å². The van der Waals surface area contributed by atoms with Crippen LogP contribution in [0.3, 0.4) is 0 Å². The molecule has 3 amide bonds. The minimum atomic E-state index is -4.57. The van der Waals surface area contributed by atoms with Crippen LogP contribution >= 0.6 is 0 Å². The summed E-state index contributed by atoms with van der Waals surface area (Å²) >= 11 is 0. The maximum atomic E-state index is 12.9. The summed E-state index contributed by atoms with van der Waals surface area (Å²) in [5.74, 6) is -0.916. The van der Waals surface area contributed by atoms with Crippen LogP contribution in [-0.4, -0.2) is 53.9 Å². The van der Waals surface area contributed by atoms with Gasteiger partial charge in [0.1, 0.15) is 0 Å². The Morgan fingerprint density at radius 2 is 1.63 bits per heavy atom. The maximum Gasteiger partial charge on any atom is 2.00 e. The van der Waals surface area contributed by atoms with Crippen LogP contribution in [-0.2, 0) is 47.7 Å². The molecule has 2 aromatic rings. The van der Waals surface area contributed by atoms with Crippen molar-refractivity contribution in [2.45, 2.75) is 38.8 Å². The number of hydrogen-bond acceptors (Lipinski definition) is 4. The zero-order chi connectivity index (χ0) is 27.5. The molecule has 1 spiro atoms. The second kappa shape index (κ2) is 12.3. The van der Waals surface area contributed by atoms with Crippen molar-refractivity contribution in [1.29, 1.82) is 0 Å². The molecule has 2 heterocycles. The minimum absolute atomic E-state index is 0. The van der Waals surface area contributed by atoms with Crippen LogP contribution in [0.1, 0.15) is 49.3 Å². The molecule has 2 aliphatic rings. The summed E-state index contributed by atoms with van der Waals surface area (Å²) < 4.78 is 48.5. The van der Waals surface area contributed by atoms with Gasteiger partial charge in [-0.15, -0.1) is 11.6 Å². The molecule has 1 radical (unpaired) electrons. The summed E-state index contributed by atoms with van der Waals surface area (Å²) in [6, 6.07) is 11.1. The van der Waals surface area contributed by atoms with Gasteiger partial charge in [-0.1, -0.05) is 42.5 Å². The summed E-state index contributed by atoms with van der Waals surface area (Å²) in [6.07, 6.45) is -2.43. The molecule has 2 aromatic carbocycles. The fourth-order valence-corrected chi connectivity index (χ4v) is 4.80. The molecule has 6 nitrogen and oxygen atoms in total. The molecule has 0 bridgehead atoms. The van der Waals surface area contributed by atoms with Crippen molar-refractivity contribution >= 4 is 24.0 Å². The van der Waals surface area contributed by atoms with Gasteiger partial charge in [0.15, 0.2) is 0 Å². The van der Waals surface area contributed by atoms with E-state index in [4.69, 9.17) is 0 Å². The van der Waals surface area contributed by atoms with Gasteiger partial charge in [-0.05, 0) is 24.0 Å². The van der Waals surface area contributed by atoms with Crippen molar-refractivity contribution in [3.63, 3.8) is 0 Å². The van der Waals surface area contributed by atoms with Gasteiger partial charge in [0.2, 0.25) is 11.8 Å². The molecule has 0 N–H and O–H groups in total. The monoisotopic (exact) mass is 611 g/mol.